The Morgan fingerprint density at radius 3 is 2.25 bits per heavy atom. The number of rotatable bonds is 1. The molecule has 4 heavy (non-hydrogen) atoms. The van der Waals surface area contributed by atoms with Crippen LogP contribution in [0.2, 0.25) is 0 Å². The topological polar surface area (TPSA) is 46.2 Å². The van der Waals surface area contributed by atoms with E-state index in [0.717, 1.165) is 0 Å². The molecule has 3 N–H and O–H groups in total. The monoisotopic (exact) mass is 59.1 g/mol. The van der Waals surface area contributed by atoms with Crippen LogP contribution in [0.5, 0.6) is 0 Å². The van der Waals surface area contributed by atoms with Gasteiger partial charge in [-0.25, -0.2) is 0 Å². The van der Waals surface area contributed by atoms with Gasteiger partial charge in [0.25, 0.3) is 7.48 Å². The van der Waals surface area contributed by atoms with Crippen molar-refractivity contribution in [1.82, 2.24) is 0 Å². The largest absolute Gasteiger partial charge is 0.453 e. The molecule has 0 saturated heterocycles. The summed E-state index contributed by atoms with van der Waals surface area (Å²) in [5, 5.41) is 7.75. The van der Waals surface area contributed by atoms with Gasteiger partial charge in [0.1, 0.15) is 0 Å². The maximum atomic E-state index is 7.75. The summed E-state index contributed by atoms with van der Waals surface area (Å²) in [6.07, 6.45) is 0.375. The second-order valence-corrected chi connectivity index (χ2v) is 0.512. The molecule has 0 spiro atoms. The zero-order chi connectivity index (χ0) is 3.41. The molecule has 0 bridgehead atoms. The van der Waals surface area contributed by atoms with Crippen molar-refractivity contribution >= 4 is 7.48 Å². The molecular weight excluding hydrogens is 52.8 g/mol. The summed E-state index contributed by atoms with van der Waals surface area (Å²) in [6, 6.07) is 0. The SMILES string of the molecule is NCBO. The molecule has 0 fully saturated rings. The summed E-state index contributed by atoms with van der Waals surface area (Å²) in [5.41, 5.74) is 4.78. The van der Waals surface area contributed by atoms with E-state index in [2.05, 4.69) is 0 Å². The standard InChI is InChI=1S/CH6BNO/c3-1-2-4/h2,4H,1,3H2. The fraction of sp³-hybridized carbons (Fsp3) is 1.00. The van der Waals surface area contributed by atoms with E-state index in [-0.39, 0.29) is 7.48 Å². The van der Waals surface area contributed by atoms with E-state index in [1.165, 1.54) is 0 Å². The normalized spacial score (nSPS) is 6.50. The van der Waals surface area contributed by atoms with Crippen molar-refractivity contribution in [3.8, 4) is 0 Å². The predicted molar refractivity (Wildman–Crippen MR) is 18.4 cm³/mol. The van der Waals surface area contributed by atoms with Gasteiger partial charge >= 0.3 is 0 Å². The van der Waals surface area contributed by atoms with Gasteiger partial charge in [-0.15, -0.1) is 0 Å². The summed E-state index contributed by atoms with van der Waals surface area (Å²) >= 11 is 0. The molecule has 0 aromatic rings. The van der Waals surface area contributed by atoms with E-state index in [1.807, 2.05) is 0 Å². The van der Waals surface area contributed by atoms with Gasteiger partial charge in [-0.1, -0.05) is 0 Å². The minimum atomic E-state index is 0.0972. The molecule has 0 aromatic carbocycles. The van der Waals surface area contributed by atoms with Crippen LogP contribution in [0.25, 0.3) is 0 Å². The van der Waals surface area contributed by atoms with Gasteiger partial charge in [0.15, 0.2) is 0 Å². The first-order valence-electron chi connectivity index (χ1n) is 1.22. The van der Waals surface area contributed by atoms with Gasteiger partial charge in [-0.05, 0) is 6.44 Å². The molecule has 0 radical (unpaired) electrons. The average molecular weight is 58.9 g/mol. The summed E-state index contributed by atoms with van der Waals surface area (Å²) in [5.74, 6) is 0. The highest BCUT2D eigenvalue weighted by atomic mass is 16.2. The first kappa shape index (κ1) is 3.98. The highest BCUT2D eigenvalue weighted by molar-refractivity contribution is 6.25. The van der Waals surface area contributed by atoms with Crippen LogP contribution in [0, 0.1) is 0 Å². The van der Waals surface area contributed by atoms with Crippen LogP contribution in [-0.4, -0.2) is 19.0 Å². The van der Waals surface area contributed by atoms with Gasteiger partial charge in [0.2, 0.25) is 0 Å². The predicted octanol–water partition coefficient (Wildman–Crippen LogP) is -1.75. The van der Waals surface area contributed by atoms with Crippen molar-refractivity contribution < 1.29 is 5.02 Å². The third-order valence-corrected chi connectivity index (χ3v) is 0.129. The van der Waals surface area contributed by atoms with Crippen LogP contribution in [0.3, 0.4) is 0 Å². The third kappa shape index (κ3) is 1.98. The third-order valence-electron chi connectivity index (χ3n) is 0.129. The first-order chi connectivity index (χ1) is 1.91. The molecule has 2 nitrogen and oxygen atoms in total. The van der Waals surface area contributed by atoms with E-state index < -0.39 is 0 Å². The molecule has 0 atom stereocenters. The molecule has 0 heterocycles. The highest BCUT2D eigenvalue weighted by Crippen LogP contribution is 1.25. The van der Waals surface area contributed by atoms with Crippen LogP contribution in [0.15, 0.2) is 0 Å². The summed E-state index contributed by atoms with van der Waals surface area (Å²) in [6.45, 7) is 0. The molecule has 24 valence electrons. The van der Waals surface area contributed by atoms with Gasteiger partial charge in [0.05, 0.1) is 0 Å². The van der Waals surface area contributed by atoms with Crippen molar-refractivity contribution in [3.05, 3.63) is 0 Å². The summed E-state index contributed by atoms with van der Waals surface area (Å²) in [4.78, 5) is 0. The Morgan fingerprint density at radius 2 is 2.25 bits per heavy atom. The highest BCUT2D eigenvalue weighted by Gasteiger charge is 1.64. The Bertz CT molecular complexity index is 10.0. The van der Waals surface area contributed by atoms with Gasteiger partial charge in [0, 0.05) is 0 Å². The summed E-state index contributed by atoms with van der Waals surface area (Å²) in [7, 11) is 0.0972. The lowest BCUT2D eigenvalue weighted by Gasteiger charge is -1.66. The van der Waals surface area contributed by atoms with Crippen LogP contribution >= 0.6 is 0 Å². The smallest absolute Gasteiger partial charge is 0.284 e. The maximum absolute atomic E-state index is 7.75. The Hall–Kier alpha value is -0.0151. The minimum Gasteiger partial charge on any atom is -0.453 e. The Morgan fingerprint density at radius 1 is 2.00 bits per heavy atom. The average Bonchev–Trinajstić information content (AvgIpc) is 1.37. The van der Waals surface area contributed by atoms with Crippen LogP contribution in [0.4, 0.5) is 0 Å². The van der Waals surface area contributed by atoms with E-state index in [1.54, 1.807) is 0 Å². The zero-order valence-corrected chi connectivity index (χ0v) is 2.44. The zero-order valence-electron chi connectivity index (χ0n) is 2.44. The molecule has 3 heteroatoms. The Labute approximate surface area is 25.9 Å². The first-order valence-corrected chi connectivity index (χ1v) is 1.22. The fourth-order valence-electron chi connectivity index (χ4n) is 0. The molecule has 0 aliphatic carbocycles. The lowest BCUT2D eigenvalue weighted by atomic mass is 10.1. The minimum absolute atomic E-state index is 0.0972. The number of hydrogen-bond acceptors (Lipinski definition) is 2. The molecule has 0 aliphatic rings. The van der Waals surface area contributed by atoms with Crippen molar-refractivity contribution in [2.45, 2.75) is 0 Å². The molecule has 0 rings (SSSR count). The maximum Gasteiger partial charge on any atom is 0.284 e. The van der Waals surface area contributed by atoms with Crippen LogP contribution in [-0.2, 0) is 0 Å². The molecule has 0 aromatic heterocycles. The second kappa shape index (κ2) is 2.98. The van der Waals surface area contributed by atoms with Gasteiger partial charge in [-0.2, -0.15) is 0 Å². The van der Waals surface area contributed by atoms with Crippen molar-refractivity contribution in [3.63, 3.8) is 0 Å². The van der Waals surface area contributed by atoms with Crippen molar-refractivity contribution in [2.24, 2.45) is 5.73 Å². The van der Waals surface area contributed by atoms with Crippen LogP contribution in [0.1, 0.15) is 0 Å². The summed E-state index contributed by atoms with van der Waals surface area (Å²) < 4.78 is 0. The van der Waals surface area contributed by atoms with Crippen LogP contribution < -0.4 is 5.73 Å². The van der Waals surface area contributed by atoms with E-state index in [0.29, 0.717) is 6.44 Å². The van der Waals surface area contributed by atoms with E-state index >= 15 is 0 Å². The molecule has 0 aliphatic heterocycles. The molecular formula is CH6BNO. The fourth-order valence-corrected chi connectivity index (χ4v) is 0. The van der Waals surface area contributed by atoms with Gasteiger partial charge in [-0.3, -0.25) is 0 Å². The Balaban J connectivity index is 1.97. The second-order valence-electron chi connectivity index (χ2n) is 0.512. The van der Waals surface area contributed by atoms with Gasteiger partial charge < -0.3 is 10.8 Å². The molecule has 0 unspecified atom stereocenters. The quantitative estimate of drug-likeness (QED) is 0.352. The number of hydrogen-bond donors (Lipinski definition) is 2. The Kier molecular flexibility index (Phi) is 2.97. The lowest BCUT2D eigenvalue weighted by molar-refractivity contribution is 0.602. The molecule has 0 saturated carbocycles. The van der Waals surface area contributed by atoms with Crippen molar-refractivity contribution in [1.29, 1.82) is 0 Å². The van der Waals surface area contributed by atoms with Crippen molar-refractivity contribution in [2.75, 3.05) is 6.44 Å². The van der Waals surface area contributed by atoms with E-state index in [4.69, 9.17) is 10.8 Å². The lowest BCUT2D eigenvalue weighted by Crippen LogP contribution is -2.06. The van der Waals surface area contributed by atoms with E-state index in [9.17, 15) is 0 Å². The molecule has 0 amide bonds. The number of nitrogens with two attached hydrogens (primary N) is 1.